The summed E-state index contributed by atoms with van der Waals surface area (Å²) in [6, 6.07) is 10.1. The first-order valence-electron chi connectivity index (χ1n) is 7.06. The summed E-state index contributed by atoms with van der Waals surface area (Å²) < 4.78 is 50.0. The van der Waals surface area contributed by atoms with Crippen LogP contribution in [-0.4, -0.2) is 5.78 Å². The molecule has 0 aromatic heterocycles. The van der Waals surface area contributed by atoms with E-state index in [9.17, 15) is 13.3 Å². The number of hydrogen-bond donors (Lipinski definition) is 1. The summed E-state index contributed by atoms with van der Waals surface area (Å²) in [7, 11) is -3.81. The standard InChI is InChI=1S/C16H18F2NO3P/c1-11(2)16(19)23(20,21-14-7-3-12(17)4-8-14)22-15-9-5-13(18)6-10-15/h3-11,16H,19H2,1-2H3/t16-/m1/s1. The molecule has 2 N–H and O–H groups in total. The highest BCUT2D eigenvalue weighted by Gasteiger charge is 2.38. The van der Waals surface area contributed by atoms with Crippen molar-refractivity contribution in [3.05, 3.63) is 60.2 Å². The molecule has 2 aromatic rings. The zero-order valence-corrected chi connectivity index (χ0v) is 13.7. The maximum atomic E-state index is 13.1. The first kappa shape index (κ1) is 17.4. The normalized spacial score (nSPS) is 13.0. The van der Waals surface area contributed by atoms with Gasteiger partial charge in [-0.1, -0.05) is 13.8 Å². The fourth-order valence-electron chi connectivity index (χ4n) is 1.79. The van der Waals surface area contributed by atoms with E-state index in [1.54, 1.807) is 13.8 Å². The second-order valence-corrected chi connectivity index (χ2v) is 7.41. The largest absolute Gasteiger partial charge is 0.447 e. The van der Waals surface area contributed by atoms with E-state index in [1.807, 2.05) is 0 Å². The zero-order valence-electron chi connectivity index (χ0n) is 12.8. The Hall–Kier alpha value is -1.91. The molecule has 1 atom stereocenters. The first-order valence-corrected chi connectivity index (χ1v) is 8.67. The van der Waals surface area contributed by atoms with Gasteiger partial charge in [0.1, 0.15) is 28.9 Å². The van der Waals surface area contributed by atoms with Crippen molar-refractivity contribution in [3.8, 4) is 11.5 Å². The van der Waals surface area contributed by atoms with Crippen LogP contribution in [0.3, 0.4) is 0 Å². The van der Waals surface area contributed by atoms with E-state index in [2.05, 4.69) is 0 Å². The molecule has 0 heterocycles. The van der Waals surface area contributed by atoms with Gasteiger partial charge in [-0.05, 0) is 54.4 Å². The van der Waals surface area contributed by atoms with Gasteiger partial charge in [0, 0.05) is 0 Å². The van der Waals surface area contributed by atoms with Crippen molar-refractivity contribution in [1.29, 1.82) is 0 Å². The van der Waals surface area contributed by atoms with Gasteiger partial charge in [-0.2, -0.15) is 0 Å². The van der Waals surface area contributed by atoms with Crippen LogP contribution in [0.25, 0.3) is 0 Å². The van der Waals surface area contributed by atoms with Crippen LogP contribution in [0, 0.1) is 17.6 Å². The van der Waals surface area contributed by atoms with Gasteiger partial charge in [0.05, 0.1) is 0 Å². The van der Waals surface area contributed by atoms with Crippen molar-refractivity contribution < 1.29 is 22.4 Å². The average Bonchev–Trinajstić information content (AvgIpc) is 2.51. The molecule has 2 aromatic carbocycles. The van der Waals surface area contributed by atoms with Crippen LogP contribution >= 0.6 is 7.60 Å². The molecule has 0 aliphatic carbocycles. The van der Waals surface area contributed by atoms with Crippen LogP contribution in [0.15, 0.2) is 48.5 Å². The average molecular weight is 341 g/mol. The van der Waals surface area contributed by atoms with E-state index < -0.39 is 25.0 Å². The second-order valence-electron chi connectivity index (χ2n) is 5.36. The predicted molar refractivity (Wildman–Crippen MR) is 84.5 cm³/mol. The van der Waals surface area contributed by atoms with Crippen LogP contribution < -0.4 is 14.8 Å². The van der Waals surface area contributed by atoms with Gasteiger partial charge in [-0.25, -0.2) is 13.3 Å². The fraction of sp³-hybridized carbons (Fsp3) is 0.250. The summed E-state index contributed by atoms with van der Waals surface area (Å²) >= 11 is 0. The number of hydrogen-bond acceptors (Lipinski definition) is 4. The van der Waals surface area contributed by atoms with Gasteiger partial charge in [0.15, 0.2) is 0 Å². The van der Waals surface area contributed by atoms with Crippen molar-refractivity contribution in [2.75, 3.05) is 0 Å². The zero-order chi connectivity index (χ0) is 17.0. The van der Waals surface area contributed by atoms with E-state index >= 15 is 0 Å². The topological polar surface area (TPSA) is 61.6 Å². The lowest BCUT2D eigenvalue weighted by Gasteiger charge is -2.27. The van der Waals surface area contributed by atoms with E-state index in [4.69, 9.17) is 14.8 Å². The maximum Gasteiger partial charge on any atom is 0.447 e. The molecule has 0 fully saturated rings. The number of halogens is 2. The number of nitrogens with two attached hydrogens (primary N) is 1. The SMILES string of the molecule is CC(C)[C@H](N)P(=O)(Oc1ccc(F)cc1)Oc1ccc(F)cc1. The molecule has 7 heteroatoms. The van der Waals surface area contributed by atoms with E-state index in [1.165, 1.54) is 48.5 Å². The molecule has 0 amide bonds. The van der Waals surface area contributed by atoms with Crippen molar-refractivity contribution >= 4 is 7.60 Å². The van der Waals surface area contributed by atoms with Crippen LogP contribution in [0.5, 0.6) is 11.5 Å². The van der Waals surface area contributed by atoms with E-state index in [0.29, 0.717) is 0 Å². The Labute approximate surface area is 133 Å². The molecule has 4 nitrogen and oxygen atoms in total. The third kappa shape index (κ3) is 4.53. The van der Waals surface area contributed by atoms with Gasteiger partial charge in [-0.15, -0.1) is 0 Å². The summed E-state index contributed by atoms with van der Waals surface area (Å²) in [6.45, 7) is 3.55. The minimum atomic E-state index is -3.81. The van der Waals surface area contributed by atoms with Crippen molar-refractivity contribution in [2.45, 2.75) is 19.6 Å². The predicted octanol–water partition coefficient (Wildman–Crippen LogP) is 4.56. The Morgan fingerprint density at radius 1 is 0.870 bits per heavy atom. The second kappa shape index (κ2) is 7.11. The smallest absolute Gasteiger partial charge is 0.415 e. The summed E-state index contributed by atoms with van der Waals surface area (Å²) in [5, 5.41) is 0. The third-order valence-electron chi connectivity index (χ3n) is 3.14. The lowest BCUT2D eigenvalue weighted by atomic mass is 10.2. The number of rotatable bonds is 6. The highest BCUT2D eigenvalue weighted by atomic mass is 31.2. The summed E-state index contributed by atoms with van der Waals surface area (Å²) in [4.78, 5) is 0. The minimum Gasteiger partial charge on any atom is -0.415 e. The molecule has 0 spiro atoms. The Kier molecular flexibility index (Phi) is 5.39. The molecule has 0 aliphatic heterocycles. The van der Waals surface area contributed by atoms with Crippen LogP contribution in [0.1, 0.15) is 13.8 Å². The maximum absolute atomic E-state index is 13.1. The Morgan fingerprint density at radius 2 is 1.22 bits per heavy atom. The lowest BCUT2D eigenvalue weighted by molar-refractivity contribution is 0.356. The van der Waals surface area contributed by atoms with Crippen molar-refractivity contribution in [1.82, 2.24) is 0 Å². The van der Waals surface area contributed by atoms with Crippen LogP contribution in [-0.2, 0) is 4.57 Å². The highest BCUT2D eigenvalue weighted by Crippen LogP contribution is 2.53. The quantitative estimate of drug-likeness (QED) is 0.783. The molecule has 0 saturated carbocycles. The Balaban J connectivity index is 2.29. The van der Waals surface area contributed by atoms with Gasteiger partial charge < -0.3 is 14.8 Å². The van der Waals surface area contributed by atoms with E-state index in [0.717, 1.165) is 0 Å². The third-order valence-corrected chi connectivity index (χ3v) is 5.40. The molecule has 0 bridgehead atoms. The van der Waals surface area contributed by atoms with Gasteiger partial charge in [-0.3, -0.25) is 0 Å². The Bertz CT molecular complexity index is 638. The molecular weight excluding hydrogens is 323 g/mol. The van der Waals surface area contributed by atoms with Crippen molar-refractivity contribution in [3.63, 3.8) is 0 Å². The lowest BCUT2D eigenvalue weighted by Crippen LogP contribution is -2.30. The van der Waals surface area contributed by atoms with Crippen molar-refractivity contribution in [2.24, 2.45) is 11.7 Å². The highest BCUT2D eigenvalue weighted by molar-refractivity contribution is 7.55. The molecule has 2 rings (SSSR count). The fourth-order valence-corrected chi connectivity index (χ4v) is 3.63. The molecule has 124 valence electrons. The molecule has 0 unspecified atom stereocenters. The van der Waals surface area contributed by atoms with E-state index in [-0.39, 0.29) is 17.4 Å². The summed E-state index contributed by atoms with van der Waals surface area (Å²) in [6.07, 6.45) is 0. The Morgan fingerprint density at radius 3 is 1.52 bits per heavy atom. The molecule has 23 heavy (non-hydrogen) atoms. The summed E-state index contributed by atoms with van der Waals surface area (Å²) in [5.74, 6) is -1.64. The molecule has 0 saturated heterocycles. The first-order chi connectivity index (χ1) is 10.8. The van der Waals surface area contributed by atoms with Gasteiger partial charge >= 0.3 is 7.60 Å². The molecule has 0 aliphatic rings. The monoisotopic (exact) mass is 341 g/mol. The van der Waals surface area contributed by atoms with Gasteiger partial charge in [0.25, 0.3) is 0 Å². The van der Waals surface area contributed by atoms with Gasteiger partial charge in [0.2, 0.25) is 0 Å². The number of benzene rings is 2. The molecule has 0 radical (unpaired) electrons. The molecular formula is C16H18F2NO3P. The van der Waals surface area contributed by atoms with Crippen LogP contribution in [0.4, 0.5) is 8.78 Å². The summed E-state index contributed by atoms with van der Waals surface area (Å²) in [5.41, 5.74) is 5.99. The van der Waals surface area contributed by atoms with Crippen LogP contribution in [0.2, 0.25) is 0 Å². The minimum absolute atomic E-state index is 0.174.